The SMILES string of the molecule is CCOC(=O)[C@H]1CC=C(c2cc(C(=O)N[C@@H]3[C@H]4CC[C@H](C4)[C@@H]3C(=O)Nc3cccc(S(=O)(=O)C(F)(F)F)c3)c(OC)cc2F)CC1. The van der Waals surface area contributed by atoms with Gasteiger partial charge in [-0.25, -0.2) is 12.8 Å². The summed E-state index contributed by atoms with van der Waals surface area (Å²) in [4.78, 5) is 38.3. The molecule has 0 spiro atoms. The number of methoxy groups -OCH3 is 1. The van der Waals surface area contributed by atoms with Crippen molar-refractivity contribution < 1.29 is 49.8 Å². The summed E-state index contributed by atoms with van der Waals surface area (Å²) in [6, 6.07) is 5.82. The maximum Gasteiger partial charge on any atom is 0.501 e. The molecule has 248 valence electrons. The summed E-state index contributed by atoms with van der Waals surface area (Å²) in [5.74, 6) is -3.29. The summed E-state index contributed by atoms with van der Waals surface area (Å²) in [6.45, 7) is 1.99. The minimum Gasteiger partial charge on any atom is -0.496 e. The Bertz CT molecular complexity index is 1670. The number of alkyl halides is 3. The molecule has 0 aromatic heterocycles. The van der Waals surface area contributed by atoms with Crippen LogP contribution in [0.25, 0.3) is 5.57 Å². The van der Waals surface area contributed by atoms with Gasteiger partial charge in [-0.15, -0.1) is 0 Å². The summed E-state index contributed by atoms with van der Waals surface area (Å²) in [5.41, 5.74) is -4.74. The summed E-state index contributed by atoms with van der Waals surface area (Å²) < 4.78 is 88.6. The maximum atomic E-state index is 15.2. The molecule has 14 heteroatoms. The molecule has 2 N–H and O–H groups in total. The number of anilines is 1. The van der Waals surface area contributed by atoms with Gasteiger partial charge in [-0.05, 0) is 87.1 Å². The Morgan fingerprint density at radius 1 is 1.04 bits per heavy atom. The third-order valence-electron chi connectivity index (χ3n) is 9.14. The van der Waals surface area contributed by atoms with Crippen LogP contribution < -0.4 is 15.4 Å². The number of esters is 1. The van der Waals surface area contributed by atoms with Crippen molar-refractivity contribution in [3.8, 4) is 5.75 Å². The number of ether oxygens (including phenoxy) is 2. The third-order valence-corrected chi connectivity index (χ3v) is 10.6. The highest BCUT2D eigenvalue weighted by Crippen LogP contribution is 2.49. The Labute approximate surface area is 263 Å². The number of hydrogen-bond acceptors (Lipinski definition) is 7. The molecule has 5 rings (SSSR count). The van der Waals surface area contributed by atoms with Crippen LogP contribution in [0.5, 0.6) is 5.75 Å². The molecule has 3 aliphatic rings. The number of amides is 2. The predicted octanol–water partition coefficient (Wildman–Crippen LogP) is 5.66. The zero-order valence-electron chi connectivity index (χ0n) is 25.2. The number of sulfone groups is 1. The number of fused-ring (bicyclic) bond motifs is 2. The molecule has 0 saturated heterocycles. The van der Waals surface area contributed by atoms with E-state index < -0.39 is 49.8 Å². The van der Waals surface area contributed by atoms with Gasteiger partial charge >= 0.3 is 11.5 Å². The van der Waals surface area contributed by atoms with Crippen LogP contribution in [-0.4, -0.2) is 51.5 Å². The smallest absolute Gasteiger partial charge is 0.496 e. The summed E-state index contributed by atoms with van der Waals surface area (Å²) in [6.07, 6.45) is 5.10. The van der Waals surface area contributed by atoms with Gasteiger partial charge in [-0.1, -0.05) is 12.1 Å². The molecule has 0 aliphatic heterocycles. The average Bonchev–Trinajstić information content (AvgIpc) is 3.63. The van der Waals surface area contributed by atoms with Crippen molar-refractivity contribution in [1.29, 1.82) is 0 Å². The van der Waals surface area contributed by atoms with Crippen LogP contribution in [0.15, 0.2) is 47.4 Å². The monoisotopic (exact) mass is 666 g/mol. The lowest BCUT2D eigenvalue weighted by Gasteiger charge is -2.31. The second-order valence-corrected chi connectivity index (χ2v) is 13.8. The van der Waals surface area contributed by atoms with Gasteiger partial charge in [-0.2, -0.15) is 13.2 Å². The fourth-order valence-corrected chi connectivity index (χ4v) is 7.71. The molecule has 2 saturated carbocycles. The highest BCUT2D eigenvalue weighted by Gasteiger charge is 2.52. The van der Waals surface area contributed by atoms with E-state index in [1.165, 1.54) is 19.2 Å². The largest absolute Gasteiger partial charge is 0.501 e. The van der Waals surface area contributed by atoms with Crippen LogP contribution in [0.1, 0.15) is 61.4 Å². The lowest BCUT2D eigenvalue weighted by Crippen LogP contribution is -2.48. The Balaban J connectivity index is 1.35. The minimum absolute atomic E-state index is 0.00796. The van der Waals surface area contributed by atoms with E-state index in [2.05, 4.69) is 10.6 Å². The van der Waals surface area contributed by atoms with E-state index in [0.717, 1.165) is 30.7 Å². The molecule has 2 amide bonds. The van der Waals surface area contributed by atoms with Gasteiger partial charge in [0.15, 0.2) is 0 Å². The Morgan fingerprint density at radius 2 is 1.78 bits per heavy atom. The number of carbonyl (C=O) groups excluding carboxylic acids is 3. The number of benzene rings is 2. The molecule has 0 unspecified atom stereocenters. The van der Waals surface area contributed by atoms with E-state index >= 15 is 4.39 Å². The summed E-state index contributed by atoms with van der Waals surface area (Å²) >= 11 is 0. The van der Waals surface area contributed by atoms with Crippen molar-refractivity contribution in [2.45, 2.75) is 61.9 Å². The summed E-state index contributed by atoms with van der Waals surface area (Å²) in [7, 11) is -4.32. The van der Waals surface area contributed by atoms with Crippen molar-refractivity contribution in [3.63, 3.8) is 0 Å². The maximum absolute atomic E-state index is 15.2. The fraction of sp³-hybridized carbons (Fsp3) is 0.469. The van der Waals surface area contributed by atoms with E-state index in [1.807, 2.05) is 0 Å². The Hall–Kier alpha value is -3.94. The first kappa shape index (κ1) is 33.4. The quantitative estimate of drug-likeness (QED) is 0.261. The number of allylic oxidation sites excluding steroid dienone is 2. The standard InChI is InChI=1S/C32H34F4N2O7S/c1-3-45-31(41)18-9-7-17(8-10-18)23-15-24(26(44-2)16-25(23)33)29(39)38-28-20-12-11-19(13-20)27(28)30(40)37-21-5-4-6-22(14-21)46(42,43)32(34,35)36/h4-7,14-16,18-20,27-28H,3,8-13H2,1-2H3,(H,37,40)(H,38,39)/t18-,19+,20-,27-,28+/m0/s1. The molecular formula is C32H34F4N2O7S. The van der Waals surface area contributed by atoms with Crippen molar-refractivity contribution >= 4 is 38.9 Å². The van der Waals surface area contributed by atoms with Crippen molar-refractivity contribution in [2.75, 3.05) is 19.0 Å². The Morgan fingerprint density at radius 3 is 2.43 bits per heavy atom. The lowest BCUT2D eigenvalue weighted by molar-refractivity contribution is -0.148. The number of hydrogen-bond donors (Lipinski definition) is 2. The van der Waals surface area contributed by atoms with Crippen LogP contribution in [0, 0.1) is 29.5 Å². The van der Waals surface area contributed by atoms with E-state index in [-0.39, 0.29) is 52.9 Å². The van der Waals surface area contributed by atoms with Gasteiger partial charge in [0.05, 0.1) is 36.0 Å². The molecule has 0 radical (unpaired) electrons. The second-order valence-electron chi connectivity index (χ2n) is 11.8. The van der Waals surface area contributed by atoms with Gasteiger partial charge in [0.25, 0.3) is 15.7 Å². The molecule has 5 atom stereocenters. The molecule has 2 aromatic carbocycles. The average molecular weight is 667 g/mol. The minimum atomic E-state index is -5.62. The second kappa shape index (κ2) is 13.0. The normalized spacial score (nSPS) is 24.2. The fourth-order valence-electron chi connectivity index (χ4n) is 6.91. The Kier molecular flexibility index (Phi) is 9.48. The number of nitrogens with one attached hydrogen (secondary N) is 2. The van der Waals surface area contributed by atoms with E-state index in [0.29, 0.717) is 37.7 Å². The lowest BCUT2D eigenvalue weighted by atomic mass is 9.83. The highest BCUT2D eigenvalue weighted by atomic mass is 32.2. The first-order valence-corrected chi connectivity index (χ1v) is 16.5. The zero-order chi connectivity index (χ0) is 33.4. The van der Waals surface area contributed by atoms with Crippen LogP contribution in [-0.2, 0) is 24.2 Å². The number of rotatable bonds is 9. The van der Waals surface area contributed by atoms with Crippen LogP contribution in [0.3, 0.4) is 0 Å². The summed E-state index contributed by atoms with van der Waals surface area (Å²) in [5, 5.41) is 5.47. The van der Waals surface area contributed by atoms with E-state index in [9.17, 15) is 36.0 Å². The molecule has 0 heterocycles. The third kappa shape index (κ3) is 6.49. The van der Waals surface area contributed by atoms with Crippen molar-refractivity contribution in [3.05, 3.63) is 59.4 Å². The predicted molar refractivity (Wildman–Crippen MR) is 159 cm³/mol. The van der Waals surface area contributed by atoms with Crippen molar-refractivity contribution in [2.24, 2.45) is 23.7 Å². The molecule has 2 fully saturated rings. The van der Waals surface area contributed by atoms with E-state index in [1.54, 1.807) is 13.0 Å². The zero-order valence-corrected chi connectivity index (χ0v) is 26.0. The van der Waals surface area contributed by atoms with Crippen LogP contribution in [0.4, 0.5) is 23.2 Å². The molecule has 46 heavy (non-hydrogen) atoms. The molecule has 2 aromatic rings. The molecule has 3 aliphatic carbocycles. The van der Waals surface area contributed by atoms with Gasteiger partial charge < -0.3 is 20.1 Å². The molecule has 2 bridgehead atoms. The number of halogens is 4. The van der Waals surface area contributed by atoms with Gasteiger partial charge in [0.2, 0.25) is 5.91 Å². The van der Waals surface area contributed by atoms with Gasteiger partial charge in [-0.3, -0.25) is 14.4 Å². The number of carbonyl (C=O) groups is 3. The highest BCUT2D eigenvalue weighted by molar-refractivity contribution is 7.92. The first-order chi connectivity index (χ1) is 21.7. The van der Waals surface area contributed by atoms with Crippen molar-refractivity contribution in [1.82, 2.24) is 5.32 Å². The molecule has 9 nitrogen and oxygen atoms in total. The van der Waals surface area contributed by atoms with Crippen LogP contribution >= 0.6 is 0 Å². The van der Waals surface area contributed by atoms with Gasteiger partial charge in [0, 0.05) is 23.4 Å². The first-order valence-electron chi connectivity index (χ1n) is 15.0. The van der Waals surface area contributed by atoms with Crippen LogP contribution in [0.2, 0.25) is 0 Å². The molecular weight excluding hydrogens is 632 g/mol. The van der Waals surface area contributed by atoms with E-state index in [4.69, 9.17) is 9.47 Å². The topological polar surface area (TPSA) is 128 Å². The van der Waals surface area contributed by atoms with Gasteiger partial charge in [0.1, 0.15) is 11.6 Å².